The van der Waals surface area contributed by atoms with Crippen molar-refractivity contribution >= 4 is 0 Å². The molecular weight excluding hydrogens is 226 g/mol. The van der Waals surface area contributed by atoms with Crippen LogP contribution in [0.4, 0.5) is 0 Å². The molecular formula is C15H25NO2. The third kappa shape index (κ3) is 6.03. The Labute approximate surface area is 110 Å². The lowest BCUT2D eigenvalue weighted by Gasteiger charge is -2.22. The zero-order valence-corrected chi connectivity index (χ0v) is 11.9. The minimum absolute atomic E-state index is 0.339. The van der Waals surface area contributed by atoms with Gasteiger partial charge in [-0.2, -0.15) is 0 Å². The van der Waals surface area contributed by atoms with Crippen molar-refractivity contribution in [1.82, 2.24) is 4.90 Å². The number of hydrogen-bond donors (Lipinski definition) is 1. The molecule has 1 unspecified atom stereocenters. The third-order valence-electron chi connectivity index (χ3n) is 2.63. The first kappa shape index (κ1) is 15.0. The van der Waals surface area contributed by atoms with Gasteiger partial charge in [0.1, 0.15) is 18.5 Å². The van der Waals surface area contributed by atoms with E-state index >= 15 is 0 Å². The first-order valence-electron chi connectivity index (χ1n) is 6.53. The van der Waals surface area contributed by atoms with Crippen LogP contribution in [0.25, 0.3) is 0 Å². The molecule has 18 heavy (non-hydrogen) atoms. The fraction of sp³-hybridized carbons (Fsp3) is 0.600. The van der Waals surface area contributed by atoms with Crippen LogP contribution in [0.5, 0.6) is 5.75 Å². The maximum atomic E-state index is 9.90. The van der Waals surface area contributed by atoms with Crippen LogP contribution in [0.1, 0.15) is 19.4 Å². The summed E-state index contributed by atoms with van der Waals surface area (Å²) in [6.07, 6.45) is -0.450. The number of nitrogens with zero attached hydrogens (tertiary/aromatic N) is 1. The van der Waals surface area contributed by atoms with Gasteiger partial charge in [0.15, 0.2) is 0 Å². The van der Waals surface area contributed by atoms with E-state index in [1.807, 2.05) is 38.2 Å². The van der Waals surface area contributed by atoms with Gasteiger partial charge in [-0.1, -0.05) is 26.0 Å². The van der Waals surface area contributed by atoms with E-state index in [0.717, 1.165) is 12.3 Å². The normalized spacial score (nSPS) is 13.1. The van der Waals surface area contributed by atoms with Crippen molar-refractivity contribution in [3.8, 4) is 5.75 Å². The topological polar surface area (TPSA) is 32.7 Å². The zero-order chi connectivity index (χ0) is 13.5. The average molecular weight is 251 g/mol. The first-order valence-corrected chi connectivity index (χ1v) is 6.53. The van der Waals surface area contributed by atoms with Crippen LogP contribution in [0.3, 0.4) is 0 Å². The van der Waals surface area contributed by atoms with Crippen molar-refractivity contribution < 1.29 is 9.84 Å². The molecule has 0 radical (unpaired) electrons. The Kier molecular flexibility index (Phi) is 6.16. The summed E-state index contributed by atoms with van der Waals surface area (Å²) in [4.78, 5) is 2.13. The fourth-order valence-corrected chi connectivity index (χ4v) is 2.01. The van der Waals surface area contributed by atoms with E-state index in [1.54, 1.807) is 0 Å². The molecule has 0 heterocycles. The van der Waals surface area contributed by atoms with Crippen molar-refractivity contribution in [1.29, 1.82) is 0 Å². The van der Waals surface area contributed by atoms with E-state index in [-0.39, 0.29) is 0 Å². The summed E-state index contributed by atoms with van der Waals surface area (Å²) in [6.45, 7) is 8.34. The third-order valence-corrected chi connectivity index (χ3v) is 2.63. The molecule has 1 atom stereocenters. The highest BCUT2D eigenvalue weighted by atomic mass is 16.5. The smallest absolute Gasteiger partial charge is 0.119 e. The van der Waals surface area contributed by atoms with Gasteiger partial charge < -0.3 is 14.7 Å². The zero-order valence-electron chi connectivity index (χ0n) is 11.9. The molecule has 0 aliphatic heterocycles. The Morgan fingerprint density at radius 3 is 2.61 bits per heavy atom. The molecule has 1 aromatic carbocycles. The van der Waals surface area contributed by atoms with Crippen molar-refractivity contribution in [2.24, 2.45) is 5.92 Å². The van der Waals surface area contributed by atoms with E-state index < -0.39 is 6.10 Å². The first-order chi connectivity index (χ1) is 8.47. The summed E-state index contributed by atoms with van der Waals surface area (Å²) < 4.78 is 5.58. The summed E-state index contributed by atoms with van der Waals surface area (Å²) in [6, 6.07) is 7.88. The Morgan fingerprint density at radius 1 is 1.28 bits per heavy atom. The Balaban J connectivity index is 2.30. The standard InChI is InChI=1S/C15H25NO2/c1-12(2)9-16(4)10-14(17)11-18-15-7-5-6-13(3)8-15/h5-8,12,14,17H,9-11H2,1-4H3. The molecule has 0 bridgehead atoms. The highest BCUT2D eigenvalue weighted by molar-refractivity contribution is 5.27. The Bertz CT molecular complexity index is 352. The number of hydrogen-bond acceptors (Lipinski definition) is 3. The predicted molar refractivity (Wildman–Crippen MR) is 75.0 cm³/mol. The molecule has 0 aromatic heterocycles. The van der Waals surface area contributed by atoms with Gasteiger partial charge in [0, 0.05) is 13.1 Å². The van der Waals surface area contributed by atoms with Crippen LogP contribution >= 0.6 is 0 Å². The van der Waals surface area contributed by atoms with E-state index in [1.165, 1.54) is 5.56 Å². The minimum atomic E-state index is -0.450. The predicted octanol–water partition coefficient (Wildman–Crippen LogP) is 2.32. The number of rotatable bonds is 7. The summed E-state index contributed by atoms with van der Waals surface area (Å²) >= 11 is 0. The monoisotopic (exact) mass is 251 g/mol. The number of aryl methyl sites for hydroxylation is 1. The Morgan fingerprint density at radius 2 is 2.00 bits per heavy atom. The van der Waals surface area contributed by atoms with Crippen LogP contribution in [-0.4, -0.2) is 42.9 Å². The van der Waals surface area contributed by atoms with Gasteiger partial charge in [-0.05, 0) is 37.6 Å². The van der Waals surface area contributed by atoms with Gasteiger partial charge in [0.2, 0.25) is 0 Å². The van der Waals surface area contributed by atoms with Crippen LogP contribution in [-0.2, 0) is 0 Å². The molecule has 0 saturated heterocycles. The van der Waals surface area contributed by atoms with Crippen LogP contribution < -0.4 is 4.74 Å². The molecule has 0 spiro atoms. The maximum Gasteiger partial charge on any atom is 0.119 e. The van der Waals surface area contributed by atoms with Crippen molar-refractivity contribution in [3.05, 3.63) is 29.8 Å². The molecule has 1 N–H and O–H groups in total. The van der Waals surface area contributed by atoms with Crippen molar-refractivity contribution in [3.63, 3.8) is 0 Å². The van der Waals surface area contributed by atoms with Gasteiger partial charge in [-0.25, -0.2) is 0 Å². The quantitative estimate of drug-likeness (QED) is 0.807. The van der Waals surface area contributed by atoms with E-state index in [9.17, 15) is 5.11 Å². The minimum Gasteiger partial charge on any atom is -0.491 e. The van der Waals surface area contributed by atoms with Crippen molar-refractivity contribution in [2.75, 3.05) is 26.7 Å². The molecule has 0 amide bonds. The van der Waals surface area contributed by atoms with E-state index in [2.05, 4.69) is 18.7 Å². The second kappa shape index (κ2) is 7.39. The SMILES string of the molecule is Cc1cccc(OCC(O)CN(C)CC(C)C)c1. The number of likely N-dealkylation sites (N-methyl/N-ethyl adjacent to an activating group) is 1. The van der Waals surface area contributed by atoms with Gasteiger partial charge in [-0.3, -0.25) is 0 Å². The molecule has 1 aromatic rings. The van der Waals surface area contributed by atoms with Gasteiger partial charge >= 0.3 is 0 Å². The maximum absolute atomic E-state index is 9.90. The highest BCUT2D eigenvalue weighted by Crippen LogP contribution is 2.12. The van der Waals surface area contributed by atoms with Gasteiger partial charge in [0.05, 0.1) is 0 Å². The van der Waals surface area contributed by atoms with E-state index in [4.69, 9.17) is 4.74 Å². The number of aliphatic hydroxyl groups is 1. The summed E-state index contributed by atoms with van der Waals surface area (Å²) in [5.41, 5.74) is 1.17. The van der Waals surface area contributed by atoms with Gasteiger partial charge in [0.25, 0.3) is 0 Å². The van der Waals surface area contributed by atoms with Crippen molar-refractivity contribution in [2.45, 2.75) is 26.9 Å². The molecule has 0 aliphatic carbocycles. The highest BCUT2D eigenvalue weighted by Gasteiger charge is 2.10. The van der Waals surface area contributed by atoms with E-state index in [0.29, 0.717) is 19.1 Å². The lowest BCUT2D eigenvalue weighted by molar-refractivity contribution is 0.0732. The lowest BCUT2D eigenvalue weighted by Crippen LogP contribution is -2.35. The number of aliphatic hydroxyl groups excluding tert-OH is 1. The molecule has 102 valence electrons. The second-order valence-corrected chi connectivity index (χ2v) is 5.40. The molecule has 3 nitrogen and oxygen atoms in total. The van der Waals surface area contributed by atoms with Crippen LogP contribution in [0.2, 0.25) is 0 Å². The number of ether oxygens (including phenoxy) is 1. The summed E-state index contributed by atoms with van der Waals surface area (Å²) in [5.74, 6) is 1.43. The number of benzene rings is 1. The molecule has 0 aliphatic rings. The van der Waals surface area contributed by atoms with Gasteiger partial charge in [-0.15, -0.1) is 0 Å². The molecule has 3 heteroatoms. The molecule has 1 rings (SSSR count). The van der Waals surface area contributed by atoms with Crippen LogP contribution in [0, 0.1) is 12.8 Å². The molecule has 0 saturated carbocycles. The second-order valence-electron chi connectivity index (χ2n) is 5.40. The molecule has 0 fully saturated rings. The lowest BCUT2D eigenvalue weighted by atomic mass is 10.2. The average Bonchev–Trinajstić information content (AvgIpc) is 2.25. The van der Waals surface area contributed by atoms with Crippen LogP contribution in [0.15, 0.2) is 24.3 Å². The Hall–Kier alpha value is -1.06. The summed E-state index contributed by atoms with van der Waals surface area (Å²) in [5, 5.41) is 9.90. The fourth-order valence-electron chi connectivity index (χ4n) is 2.01. The summed E-state index contributed by atoms with van der Waals surface area (Å²) in [7, 11) is 2.02. The largest absolute Gasteiger partial charge is 0.491 e.